The lowest BCUT2D eigenvalue weighted by Crippen LogP contribution is -2.32. The molecule has 0 unspecified atom stereocenters. The van der Waals surface area contributed by atoms with Crippen LogP contribution in [0.4, 0.5) is 0 Å². The van der Waals surface area contributed by atoms with Crippen molar-refractivity contribution in [3.05, 3.63) is 42.5 Å². The van der Waals surface area contributed by atoms with Crippen molar-refractivity contribution in [2.24, 2.45) is 0 Å². The molecule has 4 heteroatoms. The average molecular weight is 267 g/mol. The number of hydrogen-bond acceptors (Lipinski definition) is 2. The van der Waals surface area contributed by atoms with Gasteiger partial charge in [-0.25, -0.2) is 8.93 Å². The second-order valence-corrected chi connectivity index (χ2v) is 6.96. The maximum absolute atomic E-state index is 11.9. The second-order valence-electron chi connectivity index (χ2n) is 4.91. The van der Waals surface area contributed by atoms with Crippen molar-refractivity contribution < 1.29 is 8.95 Å². The van der Waals surface area contributed by atoms with E-state index >= 15 is 0 Å². The van der Waals surface area contributed by atoms with Gasteiger partial charge in [0.15, 0.2) is 0 Å². The van der Waals surface area contributed by atoms with E-state index in [4.69, 9.17) is 4.74 Å². The Labute approximate surface area is 112 Å². The highest BCUT2D eigenvalue weighted by atomic mass is 32.2. The predicted octanol–water partition coefficient (Wildman–Crippen LogP) is 2.80. The lowest BCUT2D eigenvalue weighted by Gasteiger charge is -2.18. The molecule has 0 aliphatic heterocycles. The third-order valence-electron chi connectivity index (χ3n) is 2.28. The van der Waals surface area contributed by atoms with Crippen LogP contribution in [0, 0.1) is 0 Å². The van der Waals surface area contributed by atoms with Gasteiger partial charge in [-0.15, -0.1) is 0 Å². The quantitative estimate of drug-likeness (QED) is 0.805. The van der Waals surface area contributed by atoms with Crippen LogP contribution in [0.2, 0.25) is 0 Å². The van der Waals surface area contributed by atoms with Crippen molar-refractivity contribution in [2.45, 2.75) is 32.1 Å². The summed E-state index contributed by atoms with van der Waals surface area (Å²) in [4.78, 5) is 0. The van der Waals surface area contributed by atoms with Crippen LogP contribution in [0.3, 0.4) is 0 Å². The molecule has 0 bridgehead atoms. The van der Waals surface area contributed by atoms with E-state index in [1.54, 1.807) is 6.08 Å². The summed E-state index contributed by atoms with van der Waals surface area (Å²) >= 11 is 0. The first-order valence-electron chi connectivity index (χ1n) is 5.92. The Balaban J connectivity index is 2.67. The SMILES string of the molecule is C=CCOc1ccccc1CN[S@@](=O)C(C)(C)C. The number of hydrogen-bond donors (Lipinski definition) is 1. The highest BCUT2D eigenvalue weighted by Crippen LogP contribution is 2.18. The van der Waals surface area contributed by atoms with Crippen LogP contribution in [-0.2, 0) is 17.5 Å². The van der Waals surface area contributed by atoms with E-state index in [1.807, 2.05) is 45.0 Å². The van der Waals surface area contributed by atoms with Gasteiger partial charge in [-0.05, 0) is 26.8 Å². The number of rotatable bonds is 6. The fraction of sp³-hybridized carbons (Fsp3) is 0.429. The van der Waals surface area contributed by atoms with Gasteiger partial charge in [-0.2, -0.15) is 0 Å². The van der Waals surface area contributed by atoms with Crippen molar-refractivity contribution in [3.63, 3.8) is 0 Å². The first-order chi connectivity index (χ1) is 8.45. The highest BCUT2D eigenvalue weighted by Gasteiger charge is 2.19. The third-order valence-corrected chi connectivity index (χ3v) is 3.80. The number of ether oxygens (including phenoxy) is 1. The summed E-state index contributed by atoms with van der Waals surface area (Å²) in [6, 6.07) is 7.73. The van der Waals surface area contributed by atoms with E-state index in [2.05, 4.69) is 11.3 Å². The summed E-state index contributed by atoms with van der Waals surface area (Å²) in [5.74, 6) is 0.802. The van der Waals surface area contributed by atoms with Gasteiger partial charge >= 0.3 is 0 Å². The summed E-state index contributed by atoms with van der Waals surface area (Å²) in [5, 5.41) is 0. The van der Waals surface area contributed by atoms with Crippen molar-refractivity contribution in [1.82, 2.24) is 4.72 Å². The highest BCUT2D eigenvalue weighted by molar-refractivity contribution is 7.84. The second kappa shape index (κ2) is 6.71. The van der Waals surface area contributed by atoms with Crippen molar-refractivity contribution >= 4 is 11.0 Å². The van der Waals surface area contributed by atoms with Crippen LogP contribution in [0.25, 0.3) is 0 Å². The first kappa shape index (κ1) is 14.9. The van der Waals surface area contributed by atoms with Gasteiger partial charge in [0, 0.05) is 12.1 Å². The zero-order valence-electron chi connectivity index (χ0n) is 11.2. The molecule has 1 aromatic rings. The molecule has 1 N–H and O–H groups in total. The Morgan fingerprint density at radius 1 is 1.39 bits per heavy atom. The Kier molecular flexibility index (Phi) is 5.56. The molecule has 1 aromatic carbocycles. The molecule has 3 nitrogen and oxygen atoms in total. The molecule has 0 spiro atoms. The first-order valence-corrected chi connectivity index (χ1v) is 7.07. The Hall–Kier alpha value is -1.13. The van der Waals surface area contributed by atoms with Crippen molar-refractivity contribution in [1.29, 1.82) is 0 Å². The lowest BCUT2D eigenvalue weighted by molar-refractivity contribution is 0.359. The van der Waals surface area contributed by atoms with E-state index < -0.39 is 11.0 Å². The van der Waals surface area contributed by atoms with E-state index in [-0.39, 0.29) is 4.75 Å². The van der Waals surface area contributed by atoms with E-state index in [0.717, 1.165) is 11.3 Å². The molecule has 18 heavy (non-hydrogen) atoms. The van der Waals surface area contributed by atoms with E-state index in [0.29, 0.717) is 13.2 Å². The Morgan fingerprint density at radius 2 is 2.06 bits per heavy atom. The molecule has 0 saturated carbocycles. The number of nitrogens with one attached hydrogen (secondary N) is 1. The van der Waals surface area contributed by atoms with Crippen LogP contribution in [-0.4, -0.2) is 15.6 Å². The van der Waals surface area contributed by atoms with Gasteiger partial charge in [0.05, 0.1) is 15.7 Å². The molecule has 0 saturated heterocycles. The lowest BCUT2D eigenvalue weighted by atomic mass is 10.2. The molecule has 0 amide bonds. The maximum atomic E-state index is 11.9. The van der Waals surface area contributed by atoms with Gasteiger partial charge in [-0.1, -0.05) is 30.9 Å². The fourth-order valence-electron chi connectivity index (χ4n) is 1.30. The van der Waals surface area contributed by atoms with Crippen LogP contribution in [0.1, 0.15) is 26.3 Å². The van der Waals surface area contributed by atoms with Gasteiger partial charge in [0.2, 0.25) is 0 Å². The summed E-state index contributed by atoms with van der Waals surface area (Å²) in [6.07, 6.45) is 1.71. The van der Waals surface area contributed by atoms with Crippen molar-refractivity contribution in [2.75, 3.05) is 6.61 Å². The Morgan fingerprint density at radius 3 is 2.67 bits per heavy atom. The van der Waals surface area contributed by atoms with E-state index in [1.165, 1.54) is 0 Å². The smallest absolute Gasteiger partial charge is 0.124 e. The Bertz CT molecular complexity index is 424. The monoisotopic (exact) mass is 267 g/mol. The fourth-order valence-corrected chi connectivity index (χ4v) is 2.02. The predicted molar refractivity (Wildman–Crippen MR) is 76.9 cm³/mol. The van der Waals surface area contributed by atoms with Gasteiger partial charge in [-0.3, -0.25) is 0 Å². The summed E-state index contributed by atoms with van der Waals surface area (Å²) < 4.78 is 20.2. The molecular weight excluding hydrogens is 246 g/mol. The topological polar surface area (TPSA) is 38.3 Å². The molecular formula is C14H21NO2S. The normalized spacial score (nSPS) is 13.1. The van der Waals surface area contributed by atoms with Crippen LogP contribution in [0.5, 0.6) is 5.75 Å². The molecule has 1 atom stereocenters. The average Bonchev–Trinajstić information content (AvgIpc) is 2.33. The van der Waals surface area contributed by atoms with Crippen molar-refractivity contribution in [3.8, 4) is 5.75 Å². The number of para-hydroxylation sites is 1. The molecule has 0 heterocycles. The summed E-state index contributed by atoms with van der Waals surface area (Å²) in [7, 11) is -1.08. The molecule has 1 rings (SSSR count). The van der Waals surface area contributed by atoms with Crippen LogP contribution in [0.15, 0.2) is 36.9 Å². The van der Waals surface area contributed by atoms with Gasteiger partial charge in [0.25, 0.3) is 0 Å². The maximum Gasteiger partial charge on any atom is 0.124 e. The number of benzene rings is 1. The largest absolute Gasteiger partial charge is 0.489 e. The zero-order valence-corrected chi connectivity index (χ0v) is 12.0. The summed E-state index contributed by atoms with van der Waals surface area (Å²) in [5.41, 5.74) is 0.997. The minimum Gasteiger partial charge on any atom is -0.489 e. The molecule has 0 radical (unpaired) electrons. The molecule has 0 fully saturated rings. The minimum absolute atomic E-state index is 0.267. The molecule has 0 aliphatic rings. The van der Waals surface area contributed by atoms with E-state index in [9.17, 15) is 4.21 Å². The zero-order chi connectivity index (χ0) is 13.6. The molecule has 0 aliphatic carbocycles. The van der Waals surface area contributed by atoms with Gasteiger partial charge in [0.1, 0.15) is 12.4 Å². The third kappa shape index (κ3) is 4.63. The standard InChI is InChI=1S/C14H21NO2S/c1-5-10-17-13-9-7-6-8-12(13)11-15-18(16)14(2,3)4/h5-9,15H,1,10-11H2,2-4H3/t18-/m0/s1. The van der Waals surface area contributed by atoms with Crippen LogP contribution < -0.4 is 9.46 Å². The minimum atomic E-state index is -1.08. The molecule has 0 aromatic heterocycles. The summed E-state index contributed by atoms with van der Waals surface area (Å²) in [6.45, 7) is 10.4. The van der Waals surface area contributed by atoms with Gasteiger partial charge < -0.3 is 4.74 Å². The van der Waals surface area contributed by atoms with Crippen LogP contribution >= 0.6 is 0 Å². The molecule has 100 valence electrons.